The van der Waals surface area contributed by atoms with E-state index in [-0.39, 0.29) is 31.0 Å². The molecule has 0 bridgehead atoms. The molecule has 0 heterocycles. The Hall–Kier alpha value is -1.46. The Morgan fingerprint density at radius 3 is 2.33 bits per heavy atom. The summed E-state index contributed by atoms with van der Waals surface area (Å²) >= 11 is 0. The Morgan fingerprint density at radius 1 is 1.24 bits per heavy atom. The molecule has 0 saturated heterocycles. The van der Waals surface area contributed by atoms with Gasteiger partial charge in [0.05, 0.1) is 6.61 Å². The van der Waals surface area contributed by atoms with Crippen molar-refractivity contribution < 1.29 is 14.3 Å². The predicted molar refractivity (Wildman–Crippen MR) is 86.2 cm³/mol. The fraction of sp³-hybridized carbons (Fsp3) is 0.533. The van der Waals surface area contributed by atoms with Crippen molar-refractivity contribution in [2.45, 2.75) is 32.7 Å². The van der Waals surface area contributed by atoms with Crippen molar-refractivity contribution in [1.29, 1.82) is 0 Å². The van der Waals surface area contributed by atoms with Crippen LogP contribution in [0.15, 0.2) is 24.3 Å². The van der Waals surface area contributed by atoms with Gasteiger partial charge in [0.15, 0.2) is 6.61 Å². The number of rotatable bonds is 9. The Kier molecular flexibility index (Phi) is 10.4. The fourth-order valence-corrected chi connectivity index (χ4v) is 1.49. The third kappa shape index (κ3) is 9.15. The summed E-state index contributed by atoms with van der Waals surface area (Å²) in [4.78, 5) is 11.5. The average molecular weight is 317 g/mol. The van der Waals surface area contributed by atoms with Crippen molar-refractivity contribution in [2.24, 2.45) is 5.73 Å². The van der Waals surface area contributed by atoms with E-state index in [0.717, 1.165) is 18.6 Å². The van der Waals surface area contributed by atoms with Crippen molar-refractivity contribution in [3.8, 4) is 11.5 Å². The Bertz CT molecular complexity index is 396. The highest BCUT2D eigenvalue weighted by Crippen LogP contribution is 2.17. The molecule has 120 valence electrons. The number of ether oxygens (including phenoxy) is 2. The largest absolute Gasteiger partial charge is 0.494 e. The lowest BCUT2D eigenvalue weighted by atomic mass is 10.2. The minimum atomic E-state index is -0.142. The van der Waals surface area contributed by atoms with Gasteiger partial charge in [-0.3, -0.25) is 4.79 Å². The molecule has 1 rings (SSSR count). The van der Waals surface area contributed by atoms with E-state index in [9.17, 15) is 4.79 Å². The predicted octanol–water partition coefficient (Wildman–Crippen LogP) is 2.13. The molecule has 1 amide bonds. The molecule has 1 atom stereocenters. The Morgan fingerprint density at radius 2 is 1.81 bits per heavy atom. The number of hydrogen-bond donors (Lipinski definition) is 2. The van der Waals surface area contributed by atoms with Crippen molar-refractivity contribution in [2.75, 3.05) is 19.8 Å². The molecule has 1 unspecified atom stereocenters. The van der Waals surface area contributed by atoms with Crippen LogP contribution in [0, 0.1) is 0 Å². The topological polar surface area (TPSA) is 73.6 Å². The summed E-state index contributed by atoms with van der Waals surface area (Å²) in [5.41, 5.74) is 5.60. The van der Waals surface area contributed by atoms with E-state index < -0.39 is 0 Å². The standard InChI is InChI=1S/C15H24N2O3.ClH/c1-3-10-19-13-4-6-14(7-5-13)20-11-15(18)17-9-8-12(2)16;/h4-7,12H,3,8-11,16H2,1-2H3,(H,17,18);1H. The van der Waals surface area contributed by atoms with Gasteiger partial charge in [0, 0.05) is 12.6 Å². The number of nitrogens with one attached hydrogen (secondary N) is 1. The maximum Gasteiger partial charge on any atom is 0.257 e. The zero-order chi connectivity index (χ0) is 14.8. The summed E-state index contributed by atoms with van der Waals surface area (Å²) in [6.45, 7) is 5.24. The molecule has 0 aromatic heterocycles. The molecule has 0 spiro atoms. The van der Waals surface area contributed by atoms with Crippen LogP contribution >= 0.6 is 12.4 Å². The first-order chi connectivity index (χ1) is 9.61. The second-order valence-electron chi connectivity index (χ2n) is 4.72. The molecule has 21 heavy (non-hydrogen) atoms. The summed E-state index contributed by atoms with van der Waals surface area (Å²) in [6.07, 6.45) is 1.73. The molecule has 0 radical (unpaired) electrons. The van der Waals surface area contributed by atoms with E-state index in [1.54, 1.807) is 12.1 Å². The summed E-state index contributed by atoms with van der Waals surface area (Å²) in [6, 6.07) is 7.34. The highest BCUT2D eigenvalue weighted by atomic mass is 35.5. The summed E-state index contributed by atoms with van der Waals surface area (Å²) in [5.74, 6) is 1.31. The maximum absolute atomic E-state index is 11.5. The van der Waals surface area contributed by atoms with Crippen LogP contribution in [-0.4, -0.2) is 31.7 Å². The first-order valence-electron chi connectivity index (χ1n) is 6.99. The molecule has 0 aliphatic rings. The molecule has 3 N–H and O–H groups in total. The third-order valence-corrected chi connectivity index (χ3v) is 2.59. The van der Waals surface area contributed by atoms with Gasteiger partial charge in [-0.15, -0.1) is 12.4 Å². The van der Waals surface area contributed by atoms with Crippen LogP contribution in [0.2, 0.25) is 0 Å². The number of carbonyl (C=O) groups is 1. The van der Waals surface area contributed by atoms with Crippen molar-refractivity contribution in [1.82, 2.24) is 5.32 Å². The normalized spacial score (nSPS) is 11.2. The quantitative estimate of drug-likeness (QED) is 0.732. The van der Waals surface area contributed by atoms with Crippen molar-refractivity contribution >= 4 is 18.3 Å². The van der Waals surface area contributed by atoms with E-state index in [0.29, 0.717) is 18.9 Å². The third-order valence-electron chi connectivity index (χ3n) is 2.59. The monoisotopic (exact) mass is 316 g/mol. The number of amides is 1. The molecule has 6 heteroatoms. The average Bonchev–Trinajstić information content (AvgIpc) is 2.43. The lowest BCUT2D eigenvalue weighted by molar-refractivity contribution is -0.123. The minimum Gasteiger partial charge on any atom is -0.494 e. The lowest BCUT2D eigenvalue weighted by Gasteiger charge is -2.09. The molecule has 5 nitrogen and oxygen atoms in total. The molecule has 0 saturated carbocycles. The van der Waals surface area contributed by atoms with Crippen molar-refractivity contribution in [3.63, 3.8) is 0 Å². The highest BCUT2D eigenvalue weighted by molar-refractivity contribution is 5.85. The number of halogens is 1. The summed E-state index contributed by atoms with van der Waals surface area (Å²) < 4.78 is 10.9. The van der Waals surface area contributed by atoms with E-state index >= 15 is 0 Å². The Labute approximate surface area is 132 Å². The van der Waals surface area contributed by atoms with Gasteiger partial charge in [0.25, 0.3) is 5.91 Å². The van der Waals surface area contributed by atoms with Crippen LogP contribution in [0.5, 0.6) is 11.5 Å². The van der Waals surface area contributed by atoms with E-state index in [1.165, 1.54) is 0 Å². The van der Waals surface area contributed by atoms with Gasteiger partial charge in [0.2, 0.25) is 0 Å². The number of carbonyl (C=O) groups excluding carboxylic acids is 1. The minimum absolute atomic E-state index is 0. The fourth-order valence-electron chi connectivity index (χ4n) is 1.49. The van der Waals surface area contributed by atoms with Gasteiger partial charge < -0.3 is 20.5 Å². The molecule has 0 aliphatic heterocycles. The number of nitrogens with two attached hydrogens (primary N) is 1. The highest BCUT2D eigenvalue weighted by Gasteiger charge is 2.03. The van der Waals surface area contributed by atoms with E-state index in [4.69, 9.17) is 15.2 Å². The maximum atomic E-state index is 11.5. The zero-order valence-corrected chi connectivity index (χ0v) is 13.4. The number of benzene rings is 1. The van der Waals surface area contributed by atoms with Gasteiger partial charge >= 0.3 is 0 Å². The second kappa shape index (κ2) is 11.2. The summed E-state index contributed by atoms with van der Waals surface area (Å²) in [7, 11) is 0. The van der Waals surface area contributed by atoms with Crippen LogP contribution in [0.3, 0.4) is 0 Å². The summed E-state index contributed by atoms with van der Waals surface area (Å²) in [5, 5.41) is 2.75. The van der Waals surface area contributed by atoms with Crippen LogP contribution in [-0.2, 0) is 4.79 Å². The van der Waals surface area contributed by atoms with Gasteiger partial charge in [0.1, 0.15) is 11.5 Å². The smallest absolute Gasteiger partial charge is 0.257 e. The van der Waals surface area contributed by atoms with Crippen LogP contribution in [0.4, 0.5) is 0 Å². The van der Waals surface area contributed by atoms with Crippen LogP contribution < -0.4 is 20.5 Å². The van der Waals surface area contributed by atoms with Gasteiger partial charge in [-0.05, 0) is 44.0 Å². The molecular formula is C15H25ClN2O3. The first-order valence-corrected chi connectivity index (χ1v) is 6.99. The van der Waals surface area contributed by atoms with Gasteiger partial charge in [-0.2, -0.15) is 0 Å². The molecule has 0 aliphatic carbocycles. The molecular weight excluding hydrogens is 292 g/mol. The van der Waals surface area contributed by atoms with Gasteiger partial charge in [-0.25, -0.2) is 0 Å². The van der Waals surface area contributed by atoms with E-state index in [2.05, 4.69) is 12.2 Å². The second-order valence-corrected chi connectivity index (χ2v) is 4.72. The van der Waals surface area contributed by atoms with Crippen LogP contribution in [0.1, 0.15) is 26.7 Å². The van der Waals surface area contributed by atoms with Gasteiger partial charge in [-0.1, -0.05) is 6.92 Å². The SMILES string of the molecule is CCCOc1ccc(OCC(=O)NCCC(C)N)cc1.Cl. The van der Waals surface area contributed by atoms with E-state index in [1.807, 2.05) is 19.1 Å². The number of hydrogen-bond acceptors (Lipinski definition) is 4. The van der Waals surface area contributed by atoms with Crippen LogP contribution in [0.25, 0.3) is 0 Å². The van der Waals surface area contributed by atoms with Crippen molar-refractivity contribution in [3.05, 3.63) is 24.3 Å². The zero-order valence-electron chi connectivity index (χ0n) is 12.6. The first kappa shape index (κ1) is 19.5. The molecule has 0 fully saturated rings. The molecule has 1 aromatic rings. The lowest BCUT2D eigenvalue weighted by Crippen LogP contribution is -2.32. The molecule has 1 aromatic carbocycles. The Balaban J connectivity index is 0.00000400.